The molecule has 6 heteroatoms. The smallest absolute Gasteiger partial charge is 0.207 e. The Morgan fingerprint density at radius 1 is 1.47 bits per heavy atom. The molecule has 2 aliphatic rings. The molecule has 94 valence electrons. The van der Waals surface area contributed by atoms with Gasteiger partial charge in [-0.2, -0.15) is 0 Å². The molecular weight excluding hydrogens is 240 g/mol. The van der Waals surface area contributed by atoms with E-state index in [9.17, 15) is 0 Å². The standard InChI is InChI=1S/C11H16N2O3S/c1-7-15-10(16-7)9-6-17-11(12-9)13(2)8-3-4-14-5-8/h6-8,10H,3-5H2,1-2H3. The minimum Gasteiger partial charge on any atom is -0.379 e. The lowest BCUT2D eigenvalue weighted by Gasteiger charge is -2.32. The molecule has 1 atom stereocenters. The van der Waals surface area contributed by atoms with E-state index < -0.39 is 0 Å². The van der Waals surface area contributed by atoms with Gasteiger partial charge in [0.1, 0.15) is 5.69 Å². The molecule has 5 nitrogen and oxygen atoms in total. The van der Waals surface area contributed by atoms with Crippen LogP contribution in [0.1, 0.15) is 25.3 Å². The molecule has 0 amide bonds. The Bertz CT molecular complexity index is 386. The monoisotopic (exact) mass is 256 g/mol. The summed E-state index contributed by atoms with van der Waals surface area (Å²) in [5.74, 6) is 0. The van der Waals surface area contributed by atoms with E-state index in [-0.39, 0.29) is 12.6 Å². The average Bonchev–Trinajstić information content (AvgIpc) is 2.95. The number of hydrogen-bond donors (Lipinski definition) is 0. The maximum Gasteiger partial charge on any atom is 0.207 e. The molecule has 0 N–H and O–H groups in total. The highest BCUT2D eigenvalue weighted by Crippen LogP contribution is 2.34. The van der Waals surface area contributed by atoms with Crippen LogP contribution in [-0.4, -0.2) is 37.6 Å². The summed E-state index contributed by atoms with van der Waals surface area (Å²) in [4.78, 5) is 6.73. The lowest BCUT2D eigenvalue weighted by Crippen LogP contribution is -2.33. The van der Waals surface area contributed by atoms with E-state index in [1.165, 1.54) is 0 Å². The van der Waals surface area contributed by atoms with Crippen LogP contribution < -0.4 is 4.90 Å². The molecule has 2 saturated heterocycles. The van der Waals surface area contributed by atoms with Crippen LogP contribution in [-0.2, 0) is 14.2 Å². The predicted molar refractivity (Wildman–Crippen MR) is 64.1 cm³/mol. The molecule has 0 radical (unpaired) electrons. The van der Waals surface area contributed by atoms with E-state index in [1.54, 1.807) is 11.3 Å². The van der Waals surface area contributed by atoms with E-state index in [0.717, 1.165) is 30.5 Å². The van der Waals surface area contributed by atoms with Crippen molar-refractivity contribution >= 4 is 16.5 Å². The molecule has 2 fully saturated rings. The first-order valence-electron chi connectivity index (χ1n) is 5.81. The highest BCUT2D eigenvalue weighted by molar-refractivity contribution is 7.13. The zero-order valence-electron chi connectivity index (χ0n) is 9.96. The van der Waals surface area contributed by atoms with Crippen molar-refractivity contribution in [1.29, 1.82) is 0 Å². The van der Waals surface area contributed by atoms with Gasteiger partial charge in [0.15, 0.2) is 11.4 Å². The van der Waals surface area contributed by atoms with Crippen molar-refractivity contribution in [2.45, 2.75) is 32.0 Å². The topological polar surface area (TPSA) is 43.8 Å². The fourth-order valence-electron chi connectivity index (χ4n) is 2.03. The van der Waals surface area contributed by atoms with Gasteiger partial charge in [-0.25, -0.2) is 4.98 Å². The number of nitrogens with zero attached hydrogens (tertiary/aromatic N) is 2. The van der Waals surface area contributed by atoms with Crippen LogP contribution in [0.4, 0.5) is 5.13 Å². The molecule has 2 aliphatic heterocycles. The second-order valence-corrected chi connectivity index (χ2v) is 5.19. The first-order chi connectivity index (χ1) is 8.24. The van der Waals surface area contributed by atoms with Gasteiger partial charge in [-0.15, -0.1) is 11.3 Å². The Morgan fingerprint density at radius 2 is 2.29 bits per heavy atom. The fourth-order valence-corrected chi connectivity index (χ4v) is 2.89. The molecule has 0 spiro atoms. The first-order valence-corrected chi connectivity index (χ1v) is 6.69. The van der Waals surface area contributed by atoms with Gasteiger partial charge >= 0.3 is 0 Å². The maximum absolute atomic E-state index is 5.42. The number of likely N-dealkylation sites (N-methyl/N-ethyl adjacent to an activating group) is 1. The molecule has 1 unspecified atom stereocenters. The number of ether oxygens (including phenoxy) is 3. The van der Waals surface area contributed by atoms with Crippen molar-refractivity contribution in [1.82, 2.24) is 4.98 Å². The van der Waals surface area contributed by atoms with Crippen molar-refractivity contribution in [2.75, 3.05) is 25.2 Å². The number of hydrogen-bond acceptors (Lipinski definition) is 6. The molecule has 17 heavy (non-hydrogen) atoms. The van der Waals surface area contributed by atoms with Crippen molar-refractivity contribution in [2.24, 2.45) is 0 Å². The van der Waals surface area contributed by atoms with E-state index in [1.807, 2.05) is 12.3 Å². The molecule has 0 saturated carbocycles. The van der Waals surface area contributed by atoms with Crippen LogP contribution in [0.5, 0.6) is 0 Å². The summed E-state index contributed by atoms with van der Waals surface area (Å²) in [6, 6.07) is 0.441. The number of rotatable bonds is 3. The van der Waals surface area contributed by atoms with E-state index in [0.29, 0.717) is 6.04 Å². The average molecular weight is 256 g/mol. The highest BCUT2D eigenvalue weighted by Gasteiger charge is 2.31. The van der Waals surface area contributed by atoms with Crippen LogP contribution in [0.15, 0.2) is 5.38 Å². The van der Waals surface area contributed by atoms with Gasteiger partial charge in [-0.05, 0) is 13.3 Å². The van der Waals surface area contributed by atoms with Crippen LogP contribution in [0.25, 0.3) is 0 Å². The number of thiazole rings is 1. The van der Waals surface area contributed by atoms with Gasteiger partial charge in [0.2, 0.25) is 6.29 Å². The van der Waals surface area contributed by atoms with Gasteiger partial charge in [0, 0.05) is 19.0 Å². The van der Waals surface area contributed by atoms with Crippen molar-refractivity contribution in [3.05, 3.63) is 11.1 Å². The molecule has 3 rings (SSSR count). The summed E-state index contributed by atoms with van der Waals surface area (Å²) < 4.78 is 16.2. The summed E-state index contributed by atoms with van der Waals surface area (Å²) in [7, 11) is 2.06. The third-order valence-electron chi connectivity index (χ3n) is 3.14. The van der Waals surface area contributed by atoms with Gasteiger partial charge in [0.05, 0.1) is 12.6 Å². The van der Waals surface area contributed by atoms with Crippen molar-refractivity contribution < 1.29 is 14.2 Å². The summed E-state index contributed by atoms with van der Waals surface area (Å²) >= 11 is 1.62. The normalized spacial score (nSPS) is 32.5. The third-order valence-corrected chi connectivity index (χ3v) is 4.09. The van der Waals surface area contributed by atoms with E-state index in [2.05, 4.69) is 16.9 Å². The summed E-state index contributed by atoms with van der Waals surface area (Å²) in [6.45, 7) is 3.52. The fraction of sp³-hybridized carbons (Fsp3) is 0.727. The Hall–Kier alpha value is -0.690. The minimum absolute atomic E-state index is 0.105. The quantitative estimate of drug-likeness (QED) is 0.824. The van der Waals surface area contributed by atoms with Gasteiger partial charge in [-0.3, -0.25) is 0 Å². The SMILES string of the molecule is CC1OC(c2csc(N(C)C3CCOC3)n2)O1. The summed E-state index contributed by atoms with van der Waals surface area (Å²) in [5, 5.41) is 3.00. The van der Waals surface area contributed by atoms with Crippen LogP contribution >= 0.6 is 11.3 Å². The largest absolute Gasteiger partial charge is 0.379 e. The van der Waals surface area contributed by atoms with Crippen molar-refractivity contribution in [3.63, 3.8) is 0 Å². The Balaban J connectivity index is 1.67. The zero-order chi connectivity index (χ0) is 11.8. The van der Waals surface area contributed by atoms with E-state index in [4.69, 9.17) is 14.2 Å². The van der Waals surface area contributed by atoms with Gasteiger partial charge in [-0.1, -0.05) is 0 Å². The molecule has 1 aromatic heterocycles. The number of aromatic nitrogens is 1. The highest BCUT2D eigenvalue weighted by atomic mass is 32.1. The van der Waals surface area contributed by atoms with E-state index >= 15 is 0 Å². The zero-order valence-corrected chi connectivity index (χ0v) is 10.8. The summed E-state index contributed by atoms with van der Waals surface area (Å²) in [5.41, 5.74) is 0.869. The van der Waals surface area contributed by atoms with Crippen LogP contribution in [0.2, 0.25) is 0 Å². The Kier molecular flexibility index (Phi) is 3.04. The Morgan fingerprint density at radius 3 is 2.94 bits per heavy atom. The lowest BCUT2D eigenvalue weighted by molar-refractivity contribution is -0.383. The molecule has 3 heterocycles. The first kappa shape index (κ1) is 11.4. The molecule has 0 aromatic carbocycles. The summed E-state index contributed by atoms with van der Waals surface area (Å²) in [6.07, 6.45) is 0.688. The van der Waals surface area contributed by atoms with Gasteiger partial charge in [0.25, 0.3) is 0 Å². The second-order valence-electron chi connectivity index (χ2n) is 4.35. The second kappa shape index (κ2) is 4.53. The molecular formula is C11H16N2O3S. The van der Waals surface area contributed by atoms with Crippen LogP contribution in [0, 0.1) is 0 Å². The minimum atomic E-state index is -0.275. The molecule has 0 bridgehead atoms. The predicted octanol–water partition coefficient (Wildman–Crippen LogP) is 1.76. The Labute approximate surface area is 104 Å². The third kappa shape index (κ3) is 2.18. The van der Waals surface area contributed by atoms with Crippen molar-refractivity contribution in [3.8, 4) is 0 Å². The van der Waals surface area contributed by atoms with Crippen LogP contribution in [0.3, 0.4) is 0 Å². The molecule has 0 aliphatic carbocycles. The maximum atomic E-state index is 5.42. The lowest BCUT2D eigenvalue weighted by atomic mass is 10.2. The molecule has 1 aromatic rings. The number of anilines is 1. The van der Waals surface area contributed by atoms with Gasteiger partial charge < -0.3 is 19.1 Å².